The van der Waals surface area contributed by atoms with Gasteiger partial charge in [-0.05, 0) is 60.7 Å². The first-order valence-corrected chi connectivity index (χ1v) is 14.5. The second-order valence-corrected chi connectivity index (χ2v) is 11.2. The van der Waals surface area contributed by atoms with Crippen LogP contribution in [0.4, 0.5) is 5.69 Å². The Labute approximate surface area is 250 Å². The molecule has 2 saturated heterocycles. The Kier molecular flexibility index (Phi) is 8.96. The molecule has 7 nitrogen and oxygen atoms in total. The zero-order valence-electron chi connectivity index (χ0n) is 22.6. The number of likely N-dealkylation sites (tertiary alicyclic amines) is 1. The molecule has 0 saturated carbocycles. The quantitative estimate of drug-likeness (QED) is 0.373. The van der Waals surface area contributed by atoms with Crippen molar-refractivity contribution in [1.82, 2.24) is 15.1 Å². The lowest BCUT2D eigenvalue weighted by Gasteiger charge is -2.43. The van der Waals surface area contributed by atoms with E-state index in [0.717, 1.165) is 16.8 Å². The molecule has 1 spiro atoms. The van der Waals surface area contributed by atoms with E-state index in [-0.39, 0.29) is 24.3 Å². The number of para-hydroxylation sites is 1. The van der Waals surface area contributed by atoms with Gasteiger partial charge in [0.2, 0.25) is 11.8 Å². The van der Waals surface area contributed by atoms with Gasteiger partial charge in [0.15, 0.2) is 0 Å². The van der Waals surface area contributed by atoms with E-state index in [0.29, 0.717) is 55.6 Å². The monoisotopic (exact) mass is 590 g/mol. The summed E-state index contributed by atoms with van der Waals surface area (Å²) >= 11 is 12.2. The number of carbonyl (C=O) groups excluding carboxylic acids is 3. The molecule has 1 N–H and O–H groups in total. The van der Waals surface area contributed by atoms with Crippen molar-refractivity contribution >= 4 is 52.7 Å². The Bertz CT molecular complexity index is 1420. The molecule has 0 aliphatic carbocycles. The van der Waals surface area contributed by atoms with Crippen LogP contribution in [0.5, 0.6) is 0 Å². The molecule has 212 valence electrons. The zero-order valence-corrected chi connectivity index (χ0v) is 24.2. The number of rotatable bonds is 8. The zero-order chi connectivity index (χ0) is 28.8. The van der Waals surface area contributed by atoms with Gasteiger partial charge in [-0.2, -0.15) is 0 Å². The molecule has 0 unspecified atom stereocenters. The van der Waals surface area contributed by atoms with Gasteiger partial charge in [-0.1, -0.05) is 77.8 Å². The summed E-state index contributed by atoms with van der Waals surface area (Å²) < 4.78 is 0. The van der Waals surface area contributed by atoms with Gasteiger partial charge in [0.05, 0.1) is 6.67 Å². The minimum absolute atomic E-state index is 0.0409. The van der Waals surface area contributed by atoms with Crippen molar-refractivity contribution in [2.75, 3.05) is 37.7 Å². The van der Waals surface area contributed by atoms with E-state index < -0.39 is 5.54 Å². The van der Waals surface area contributed by atoms with Gasteiger partial charge >= 0.3 is 0 Å². The van der Waals surface area contributed by atoms with Gasteiger partial charge in [0, 0.05) is 41.4 Å². The van der Waals surface area contributed by atoms with Gasteiger partial charge in [-0.3, -0.25) is 14.4 Å². The molecule has 2 heterocycles. The number of benzene rings is 3. The van der Waals surface area contributed by atoms with Crippen LogP contribution in [0.1, 0.15) is 24.0 Å². The van der Waals surface area contributed by atoms with Crippen LogP contribution in [-0.2, 0) is 20.8 Å². The average molecular weight is 592 g/mol. The standard InChI is InChI=1S/C32H32Cl2N4O3/c33-26-13-12-25(28(34)21-26)15-18-35-29(39)22-37-23-38(27-9-5-2-6-10-27)32(31(37)41)16-19-36(20-17-32)30(40)14-11-24-7-3-1-4-8-24/h1-14,21H,15-20,22-23H2,(H,35,39). The smallest absolute Gasteiger partial charge is 0.250 e. The number of anilines is 1. The summed E-state index contributed by atoms with van der Waals surface area (Å²) in [5, 5.41) is 4.03. The molecule has 9 heteroatoms. The molecule has 3 aromatic rings. The first-order valence-electron chi connectivity index (χ1n) is 13.7. The third kappa shape index (κ3) is 6.58. The number of amides is 3. The fraction of sp³-hybridized carbons (Fsp3) is 0.281. The molecule has 0 radical (unpaired) electrons. The van der Waals surface area contributed by atoms with Gasteiger partial charge in [0.25, 0.3) is 5.91 Å². The molecule has 0 bridgehead atoms. The molecule has 2 aliphatic rings. The van der Waals surface area contributed by atoms with E-state index >= 15 is 0 Å². The van der Waals surface area contributed by atoms with Crippen LogP contribution in [0.2, 0.25) is 10.0 Å². The van der Waals surface area contributed by atoms with Crippen LogP contribution in [0.25, 0.3) is 6.08 Å². The summed E-state index contributed by atoms with van der Waals surface area (Å²) in [4.78, 5) is 45.2. The predicted octanol–water partition coefficient (Wildman–Crippen LogP) is 5.03. The summed E-state index contributed by atoms with van der Waals surface area (Å²) in [7, 11) is 0. The largest absolute Gasteiger partial charge is 0.354 e. The Morgan fingerprint density at radius 3 is 2.29 bits per heavy atom. The number of hydrogen-bond acceptors (Lipinski definition) is 4. The van der Waals surface area contributed by atoms with Crippen molar-refractivity contribution in [3.63, 3.8) is 0 Å². The molecular weight excluding hydrogens is 559 g/mol. The molecule has 0 atom stereocenters. The van der Waals surface area contributed by atoms with E-state index in [1.54, 1.807) is 28.0 Å². The van der Waals surface area contributed by atoms with E-state index in [1.807, 2.05) is 72.8 Å². The Morgan fingerprint density at radius 1 is 0.927 bits per heavy atom. The van der Waals surface area contributed by atoms with Crippen molar-refractivity contribution in [1.29, 1.82) is 0 Å². The van der Waals surface area contributed by atoms with Gasteiger partial charge < -0.3 is 20.0 Å². The molecule has 2 aliphatic heterocycles. The second-order valence-electron chi connectivity index (χ2n) is 10.3. The SMILES string of the molecule is O=C(CN1CN(c2ccccc2)C2(CCN(C(=O)C=Cc3ccccc3)CC2)C1=O)NCCc1ccc(Cl)cc1Cl. The number of carbonyl (C=O) groups is 3. The van der Waals surface area contributed by atoms with Gasteiger partial charge in [-0.25, -0.2) is 0 Å². The minimum Gasteiger partial charge on any atom is -0.354 e. The highest BCUT2D eigenvalue weighted by molar-refractivity contribution is 6.35. The van der Waals surface area contributed by atoms with Gasteiger partial charge in [0.1, 0.15) is 12.1 Å². The normalized spacial score (nSPS) is 16.5. The van der Waals surface area contributed by atoms with E-state index in [1.165, 1.54) is 0 Å². The van der Waals surface area contributed by atoms with Gasteiger partial charge in [-0.15, -0.1) is 0 Å². The third-order valence-corrected chi connectivity index (χ3v) is 8.36. The molecule has 5 rings (SSSR count). The summed E-state index contributed by atoms with van der Waals surface area (Å²) in [6.07, 6.45) is 4.92. The maximum Gasteiger partial charge on any atom is 0.250 e. The van der Waals surface area contributed by atoms with Crippen molar-refractivity contribution in [3.05, 3.63) is 106 Å². The predicted molar refractivity (Wildman–Crippen MR) is 163 cm³/mol. The van der Waals surface area contributed by atoms with Crippen molar-refractivity contribution in [2.24, 2.45) is 0 Å². The van der Waals surface area contributed by atoms with E-state index in [4.69, 9.17) is 23.2 Å². The lowest BCUT2D eigenvalue weighted by Crippen LogP contribution is -2.57. The topological polar surface area (TPSA) is 73.0 Å². The summed E-state index contributed by atoms with van der Waals surface area (Å²) in [5.74, 6) is -0.381. The summed E-state index contributed by atoms with van der Waals surface area (Å²) in [5.41, 5.74) is 1.96. The summed E-state index contributed by atoms with van der Waals surface area (Å²) in [6.45, 7) is 1.56. The highest BCUT2D eigenvalue weighted by Gasteiger charge is 2.54. The molecule has 3 amide bonds. The average Bonchev–Trinajstić information content (AvgIpc) is 3.24. The van der Waals surface area contributed by atoms with Crippen LogP contribution in [-0.4, -0.2) is 65.9 Å². The van der Waals surface area contributed by atoms with E-state index in [2.05, 4.69) is 10.2 Å². The third-order valence-electron chi connectivity index (χ3n) is 7.77. The number of nitrogens with one attached hydrogen (secondary N) is 1. The fourth-order valence-corrected chi connectivity index (χ4v) is 6.05. The molecular formula is C32H32Cl2N4O3. The first-order chi connectivity index (χ1) is 19.9. The van der Waals surface area contributed by atoms with Crippen LogP contribution in [0, 0.1) is 0 Å². The molecule has 41 heavy (non-hydrogen) atoms. The Balaban J connectivity index is 1.23. The maximum absolute atomic E-state index is 13.9. The fourth-order valence-electron chi connectivity index (χ4n) is 5.55. The minimum atomic E-state index is -0.807. The van der Waals surface area contributed by atoms with Crippen molar-refractivity contribution < 1.29 is 14.4 Å². The number of piperidine rings is 1. The van der Waals surface area contributed by atoms with Crippen LogP contribution < -0.4 is 10.2 Å². The lowest BCUT2D eigenvalue weighted by atomic mass is 9.85. The summed E-state index contributed by atoms with van der Waals surface area (Å²) in [6, 6.07) is 24.8. The second kappa shape index (κ2) is 12.8. The van der Waals surface area contributed by atoms with Crippen molar-refractivity contribution in [3.8, 4) is 0 Å². The molecule has 0 aromatic heterocycles. The Morgan fingerprint density at radius 2 is 1.61 bits per heavy atom. The van der Waals surface area contributed by atoms with Crippen LogP contribution in [0.15, 0.2) is 84.9 Å². The highest BCUT2D eigenvalue weighted by Crippen LogP contribution is 2.39. The lowest BCUT2D eigenvalue weighted by molar-refractivity contribution is -0.138. The molecule has 2 fully saturated rings. The van der Waals surface area contributed by atoms with Crippen LogP contribution >= 0.6 is 23.2 Å². The maximum atomic E-state index is 13.9. The highest BCUT2D eigenvalue weighted by atomic mass is 35.5. The number of halogens is 2. The van der Waals surface area contributed by atoms with Crippen LogP contribution in [0.3, 0.4) is 0 Å². The molecule has 3 aromatic carbocycles. The Hall–Kier alpha value is -3.81. The van der Waals surface area contributed by atoms with Crippen molar-refractivity contribution in [2.45, 2.75) is 24.8 Å². The number of nitrogens with zero attached hydrogens (tertiary/aromatic N) is 3. The number of hydrogen-bond donors (Lipinski definition) is 1. The van der Waals surface area contributed by atoms with E-state index in [9.17, 15) is 14.4 Å². The first kappa shape index (κ1) is 28.7.